The summed E-state index contributed by atoms with van der Waals surface area (Å²) in [4.78, 5) is 6.43. The van der Waals surface area contributed by atoms with Gasteiger partial charge in [0, 0.05) is 38.1 Å². The topological polar surface area (TPSA) is 62.7 Å². The molecule has 0 bridgehead atoms. The van der Waals surface area contributed by atoms with Crippen molar-refractivity contribution >= 4 is 21.4 Å². The molecule has 0 amide bonds. The summed E-state index contributed by atoms with van der Waals surface area (Å²) in [5, 5.41) is 2.81. The Hall–Kier alpha value is -2.47. The van der Waals surface area contributed by atoms with Crippen LogP contribution in [-0.4, -0.2) is 55.9 Å². The lowest BCUT2D eigenvalue weighted by Gasteiger charge is -2.33. The van der Waals surface area contributed by atoms with Crippen LogP contribution in [0, 0.1) is 0 Å². The van der Waals surface area contributed by atoms with Gasteiger partial charge in [-0.25, -0.2) is 13.4 Å². The summed E-state index contributed by atoms with van der Waals surface area (Å²) in [6.45, 7) is 1.87. The molecule has 4 rings (SSSR count). The van der Waals surface area contributed by atoms with Gasteiger partial charge in [0.25, 0.3) is 0 Å². The van der Waals surface area contributed by atoms with Crippen LogP contribution in [0.15, 0.2) is 58.8 Å². The highest BCUT2D eigenvalue weighted by atomic mass is 32.2. The fourth-order valence-electron chi connectivity index (χ4n) is 3.66. The molecule has 1 aliphatic heterocycles. The molecule has 0 N–H and O–H groups in total. The van der Waals surface area contributed by atoms with Crippen molar-refractivity contribution in [2.75, 3.05) is 33.3 Å². The van der Waals surface area contributed by atoms with Crippen LogP contribution in [0.3, 0.4) is 0 Å². The van der Waals surface area contributed by atoms with Crippen molar-refractivity contribution in [2.45, 2.75) is 17.6 Å². The molecule has 3 aromatic rings. The summed E-state index contributed by atoms with van der Waals surface area (Å²) in [5.74, 6) is 0.742. The van der Waals surface area contributed by atoms with Crippen molar-refractivity contribution < 1.29 is 26.3 Å². The molecule has 0 atom stereocenters. The van der Waals surface area contributed by atoms with Crippen molar-refractivity contribution in [3.05, 3.63) is 65.2 Å². The second-order valence-electron chi connectivity index (χ2n) is 7.55. The minimum atomic E-state index is -4.60. The van der Waals surface area contributed by atoms with Crippen LogP contribution in [0.5, 0.6) is 5.75 Å². The second kappa shape index (κ2) is 9.41. The van der Waals surface area contributed by atoms with E-state index in [1.165, 1.54) is 21.7 Å². The fourth-order valence-corrected chi connectivity index (χ4v) is 5.97. The maximum absolute atomic E-state index is 13.0. The average Bonchev–Trinajstić information content (AvgIpc) is 3.27. The van der Waals surface area contributed by atoms with Gasteiger partial charge in [-0.1, -0.05) is 18.2 Å². The minimum Gasteiger partial charge on any atom is -0.496 e. The molecule has 33 heavy (non-hydrogen) atoms. The number of rotatable bonds is 6. The largest absolute Gasteiger partial charge is 0.496 e. The lowest BCUT2D eigenvalue weighted by Crippen LogP contribution is -2.48. The van der Waals surface area contributed by atoms with Crippen LogP contribution in [0.1, 0.15) is 11.3 Å². The van der Waals surface area contributed by atoms with E-state index in [9.17, 15) is 21.6 Å². The van der Waals surface area contributed by atoms with E-state index in [0.29, 0.717) is 25.7 Å². The number of methoxy groups -OCH3 is 1. The van der Waals surface area contributed by atoms with Gasteiger partial charge in [-0.05, 0) is 30.3 Å². The first-order valence-electron chi connectivity index (χ1n) is 10.2. The van der Waals surface area contributed by atoms with E-state index in [2.05, 4.69) is 9.88 Å². The third-order valence-corrected chi connectivity index (χ3v) is 8.22. The Labute approximate surface area is 194 Å². The van der Waals surface area contributed by atoms with Crippen LogP contribution in [0.4, 0.5) is 13.2 Å². The number of piperazine rings is 1. The average molecular weight is 498 g/mol. The summed E-state index contributed by atoms with van der Waals surface area (Å²) >= 11 is 1.51. The zero-order valence-electron chi connectivity index (χ0n) is 17.7. The molecule has 0 unspecified atom stereocenters. The number of sulfonamides is 1. The Morgan fingerprint density at radius 2 is 1.79 bits per heavy atom. The fraction of sp³-hybridized carbons (Fsp3) is 0.318. The monoisotopic (exact) mass is 497 g/mol. The van der Waals surface area contributed by atoms with Crippen molar-refractivity contribution in [1.82, 2.24) is 14.2 Å². The first-order valence-corrected chi connectivity index (χ1v) is 12.5. The summed E-state index contributed by atoms with van der Waals surface area (Å²) in [7, 11) is -2.39. The van der Waals surface area contributed by atoms with E-state index in [1.54, 1.807) is 7.11 Å². The molecule has 176 valence electrons. The number of hydrogen-bond acceptors (Lipinski definition) is 6. The van der Waals surface area contributed by atoms with E-state index in [0.717, 1.165) is 34.1 Å². The Morgan fingerprint density at radius 1 is 1.06 bits per heavy atom. The summed E-state index contributed by atoms with van der Waals surface area (Å²) in [6.07, 6.45) is -4.60. The number of aromatic nitrogens is 1. The number of para-hydroxylation sites is 1. The van der Waals surface area contributed by atoms with Gasteiger partial charge >= 0.3 is 6.18 Å². The number of alkyl halides is 3. The number of benzene rings is 2. The molecular formula is C22H22F3N3O3S2. The maximum atomic E-state index is 13.0. The molecule has 1 aromatic heterocycles. The molecule has 0 spiro atoms. The van der Waals surface area contributed by atoms with Crippen LogP contribution in [-0.2, 0) is 22.7 Å². The van der Waals surface area contributed by atoms with Gasteiger partial charge < -0.3 is 4.74 Å². The molecule has 1 saturated heterocycles. The Balaban J connectivity index is 1.40. The highest BCUT2D eigenvalue weighted by Gasteiger charge is 2.34. The highest BCUT2D eigenvalue weighted by Crippen LogP contribution is 2.33. The standard InChI is InChI=1S/C22H22F3N3O3S2/c1-31-20-8-3-2-7-19(20)21-26-17(15-32-21)14-27-9-11-28(12-10-27)33(29,30)18-6-4-5-16(13-18)22(23,24)25/h2-8,13,15H,9-12,14H2,1H3. The van der Waals surface area contributed by atoms with E-state index in [-0.39, 0.29) is 18.0 Å². The van der Waals surface area contributed by atoms with E-state index >= 15 is 0 Å². The molecule has 11 heteroatoms. The molecule has 6 nitrogen and oxygen atoms in total. The molecular weight excluding hydrogens is 475 g/mol. The molecule has 0 radical (unpaired) electrons. The summed E-state index contributed by atoms with van der Waals surface area (Å²) in [6, 6.07) is 11.5. The Kier molecular flexibility index (Phi) is 6.76. The van der Waals surface area contributed by atoms with Crippen molar-refractivity contribution in [2.24, 2.45) is 0 Å². The molecule has 0 saturated carbocycles. The molecule has 2 heterocycles. The second-order valence-corrected chi connectivity index (χ2v) is 10.3. The van der Waals surface area contributed by atoms with Gasteiger partial charge in [0.15, 0.2) is 0 Å². The Bertz CT molecular complexity index is 1220. The van der Waals surface area contributed by atoms with Crippen molar-refractivity contribution in [3.8, 4) is 16.3 Å². The lowest BCUT2D eigenvalue weighted by atomic mass is 10.2. The van der Waals surface area contributed by atoms with Gasteiger partial charge in [-0.3, -0.25) is 4.90 Å². The predicted octanol–water partition coefficient (Wildman–Crippen LogP) is 4.34. The summed E-state index contributed by atoms with van der Waals surface area (Å²) in [5.41, 5.74) is 0.805. The third-order valence-electron chi connectivity index (χ3n) is 5.41. The minimum absolute atomic E-state index is 0.197. The number of nitrogens with zero attached hydrogens (tertiary/aromatic N) is 3. The first kappa shape index (κ1) is 23.7. The van der Waals surface area contributed by atoms with Gasteiger partial charge in [-0.2, -0.15) is 17.5 Å². The maximum Gasteiger partial charge on any atom is 0.416 e. The zero-order valence-corrected chi connectivity index (χ0v) is 19.4. The van der Waals surface area contributed by atoms with Gasteiger partial charge in [0.05, 0.1) is 28.8 Å². The number of thiazole rings is 1. The van der Waals surface area contributed by atoms with Gasteiger partial charge in [-0.15, -0.1) is 11.3 Å². The molecule has 1 aliphatic rings. The van der Waals surface area contributed by atoms with Crippen LogP contribution >= 0.6 is 11.3 Å². The first-order chi connectivity index (χ1) is 15.7. The van der Waals surface area contributed by atoms with Gasteiger partial charge in [0.2, 0.25) is 10.0 Å². The van der Waals surface area contributed by atoms with Crippen LogP contribution < -0.4 is 4.74 Å². The SMILES string of the molecule is COc1ccccc1-c1nc(CN2CCN(S(=O)(=O)c3cccc(C(F)(F)F)c3)CC2)cs1. The number of halogens is 3. The number of ether oxygens (including phenoxy) is 1. The zero-order chi connectivity index (χ0) is 23.6. The number of hydrogen-bond donors (Lipinski definition) is 0. The normalized spacial score (nSPS) is 16.1. The predicted molar refractivity (Wildman–Crippen MR) is 120 cm³/mol. The van der Waals surface area contributed by atoms with Crippen molar-refractivity contribution in [1.29, 1.82) is 0 Å². The van der Waals surface area contributed by atoms with E-state index in [1.807, 2.05) is 29.6 Å². The molecule has 1 fully saturated rings. The van der Waals surface area contributed by atoms with Crippen LogP contribution in [0.25, 0.3) is 10.6 Å². The van der Waals surface area contributed by atoms with Gasteiger partial charge in [0.1, 0.15) is 10.8 Å². The van der Waals surface area contributed by atoms with E-state index in [4.69, 9.17) is 4.74 Å². The molecule has 2 aromatic carbocycles. The summed E-state index contributed by atoms with van der Waals surface area (Å²) < 4.78 is 71.3. The van der Waals surface area contributed by atoms with Crippen molar-refractivity contribution in [3.63, 3.8) is 0 Å². The Morgan fingerprint density at radius 3 is 2.48 bits per heavy atom. The van der Waals surface area contributed by atoms with Crippen LogP contribution in [0.2, 0.25) is 0 Å². The molecule has 0 aliphatic carbocycles. The highest BCUT2D eigenvalue weighted by molar-refractivity contribution is 7.89. The lowest BCUT2D eigenvalue weighted by molar-refractivity contribution is -0.137. The quantitative estimate of drug-likeness (QED) is 0.507. The third kappa shape index (κ3) is 5.21. The van der Waals surface area contributed by atoms with E-state index < -0.39 is 21.8 Å². The smallest absolute Gasteiger partial charge is 0.416 e.